The number of aromatic nitrogens is 4. The van der Waals surface area contributed by atoms with E-state index in [0.717, 1.165) is 89.1 Å². The van der Waals surface area contributed by atoms with E-state index in [1.165, 1.54) is 11.1 Å². The third-order valence-electron chi connectivity index (χ3n) is 10.6. The second kappa shape index (κ2) is 14.6. The Morgan fingerprint density at radius 2 is 0.789 bits per heavy atom. The minimum atomic E-state index is 0.687. The van der Waals surface area contributed by atoms with Crippen molar-refractivity contribution in [2.24, 2.45) is 0 Å². The van der Waals surface area contributed by atoms with Crippen LogP contribution in [0, 0.1) is 6.92 Å². The van der Waals surface area contributed by atoms with Crippen molar-refractivity contribution in [3.63, 3.8) is 0 Å². The van der Waals surface area contributed by atoms with Crippen LogP contribution in [0.3, 0.4) is 0 Å². The Hall–Kier alpha value is -7.56. The molecular formula is C53H36N4. The van der Waals surface area contributed by atoms with Crippen molar-refractivity contribution in [2.75, 3.05) is 0 Å². The summed E-state index contributed by atoms with van der Waals surface area (Å²) in [5, 5.41) is 2.16. The molecule has 4 nitrogen and oxygen atoms in total. The van der Waals surface area contributed by atoms with E-state index < -0.39 is 0 Å². The van der Waals surface area contributed by atoms with Gasteiger partial charge in [0.05, 0.1) is 28.1 Å². The van der Waals surface area contributed by atoms with E-state index in [-0.39, 0.29) is 0 Å². The first-order valence-corrected chi connectivity index (χ1v) is 19.2. The van der Waals surface area contributed by atoms with Gasteiger partial charge in [-0.2, -0.15) is 0 Å². The molecule has 0 atom stereocenters. The molecule has 7 aromatic carbocycles. The molecule has 0 aliphatic carbocycles. The Bertz CT molecular complexity index is 3030. The third kappa shape index (κ3) is 6.75. The SMILES string of the molecule is Cc1cc(-c2ccc(-c3cccc(-c4nc(-c5ccccc5)cc(-c5ccc(-c6ccccc6)cc5)n4)c3)cc2)c2ccc3ccc(-c4ccccc4)nc3c2n1. The Kier molecular flexibility index (Phi) is 8.69. The summed E-state index contributed by atoms with van der Waals surface area (Å²) >= 11 is 0. The standard InChI is InChI=1S/C53H36N4/c1-35-32-47(46-30-28-43-29-31-48(40-14-7-3-8-15-40)55-51(43)52(46)54-35)39-24-20-38(21-25-39)44-18-11-19-45(33-44)53-56-49(41-16-9-4-10-17-41)34-50(57-53)42-26-22-37(23-27-42)36-12-5-2-6-13-36/h2-34H,1H3. The Labute approximate surface area is 331 Å². The highest BCUT2D eigenvalue weighted by molar-refractivity contribution is 6.08. The monoisotopic (exact) mass is 728 g/mol. The third-order valence-corrected chi connectivity index (χ3v) is 10.6. The summed E-state index contributed by atoms with van der Waals surface area (Å²) in [4.78, 5) is 20.4. The first-order chi connectivity index (χ1) is 28.1. The molecule has 0 aliphatic heterocycles. The maximum atomic E-state index is 5.15. The largest absolute Gasteiger partial charge is 0.251 e. The predicted octanol–water partition coefficient (Wildman–Crippen LogP) is 13.6. The van der Waals surface area contributed by atoms with Crippen molar-refractivity contribution >= 4 is 21.8 Å². The highest BCUT2D eigenvalue weighted by atomic mass is 14.9. The van der Waals surface area contributed by atoms with Gasteiger partial charge in [-0.05, 0) is 64.6 Å². The smallest absolute Gasteiger partial charge is 0.160 e. The van der Waals surface area contributed by atoms with Crippen LogP contribution < -0.4 is 0 Å². The molecule has 268 valence electrons. The number of rotatable bonds is 7. The van der Waals surface area contributed by atoms with E-state index in [1.807, 2.05) is 42.5 Å². The van der Waals surface area contributed by atoms with Crippen LogP contribution in [-0.2, 0) is 0 Å². The molecule has 0 saturated heterocycles. The van der Waals surface area contributed by atoms with Crippen molar-refractivity contribution in [2.45, 2.75) is 6.92 Å². The molecule has 4 heteroatoms. The fraction of sp³-hybridized carbons (Fsp3) is 0.0189. The number of benzene rings is 7. The van der Waals surface area contributed by atoms with Gasteiger partial charge in [0.25, 0.3) is 0 Å². The van der Waals surface area contributed by atoms with Crippen LogP contribution in [0.15, 0.2) is 200 Å². The molecule has 0 bridgehead atoms. The number of aryl methyl sites for hydroxylation is 1. The molecule has 0 aliphatic rings. The molecule has 0 saturated carbocycles. The Balaban J connectivity index is 1.00. The number of fused-ring (bicyclic) bond motifs is 3. The maximum absolute atomic E-state index is 5.15. The second-order valence-corrected chi connectivity index (χ2v) is 14.3. The summed E-state index contributed by atoms with van der Waals surface area (Å²) in [7, 11) is 0. The molecular weight excluding hydrogens is 693 g/mol. The number of pyridine rings is 2. The van der Waals surface area contributed by atoms with Gasteiger partial charge in [-0.15, -0.1) is 0 Å². The first-order valence-electron chi connectivity index (χ1n) is 19.2. The quantitative estimate of drug-likeness (QED) is 0.153. The summed E-state index contributed by atoms with van der Waals surface area (Å²) < 4.78 is 0. The Morgan fingerprint density at radius 1 is 0.298 bits per heavy atom. The first kappa shape index (κ1) is 34.0. The van der Waals surface area contributed by atoms with Crippen molar-refractivity contribution in [1.29, 1.82) is 0 Å². The van der Waals surface area contributed by atoms with Crippen LogP contribution in [0.2, 0.25) is 0 Å². The molecule has 3 aromatic heterocycles. The predicted molar refractivity (Wildman–Crippen MR) is 235 cm³/mol. The summed E-state index contributed by atoms with van der Waals surface area (Å²) in [6.07, 6.45) is 0. The lowest BCUT2D eigenvalue weighted by atomic mass is 9.96. The van der Waals surface area contributed by atoms with Crippen molar-refractivity contribution in [1.82, 2.24) is 19.9 Å². The lowest BCUT2D eigenvalue weighted by molar-refractivity contribution is 1.18. The average molecular weight is 729 g/mol. The van der Waals surface area contributed by atoms with Gasteiger partial charge in [0.15, 0.2) is 5.82 Å². The van der Waals surface area contributed by atoms with Gasteiger partial charge in [0, 0.05) is 38.7 Å². The van der Waals surface area contributed by atoms with Crippen LogP contribution in [0.4, 0.5) is 0 Å². The fourth-order valence-corrected chi connectivity index (χ4v) is 7.63. The van der Waals surface area contributed by atoms with Crippen LogP contribution in [-0.4, -0.2) is 19.9 Å². The van der Waals surface area contributed by atoms with Gasteiger partial charge >= 0.3 is 0 Å². The fourth-order valence-electron chi connectivity index (χ4n) is 7.63. The van der Waals surface area contributed by atoms with Crippen LogP contribution >= 0.6 is 0 Å². The highest BCUT2D eigenvalue weighted by Gasteiger charge is 2.15. The van der Waals surface area contributed by atoms with Crippen LogP contribution in [0.5, 0.6) is 0 Å². The molecule has 3 heterocycles. The summed E-state index contributed by atoms with van der Waals surface area (Å²) in [5.74, 6) is 0.687. The minimum Gasteiger partial charge on any atom is -0.251 e. The average Bonchev–Trinajstić information content (AvgIpc) is 3.29. The van der Waals surface area contributed by atoms with Gasteiger partial charge in [-0.1, -0.05) is 176 Å². The van der Waals surface area contributed by atoms with E-state index in [9.17, 15) is 0 Å². The zero-order valence-corrected chi connectivity index (χ0v) is 31.3. The molecule has 0 amide bonds. The molecule has 10 aromatic rings. The number of hydrogen-bond donors (Lipinski definition) is 0. The van der Waals surface area contributed by atoms with Gasteiger partial charge in [-0.3, -0.25) is 4.98 Å². The van der Waals surface area contributed by atoms with Gasteiger partial charge < -0.3 is 0 Å². The van der Waals surface area contributed by atoms with E-state index in [2.05, 4.69) is 165 Å². The highest BCUT2D eigenvalue weighted by Crippen LogP contribution is 2.36. The van der Waals surface area contributed by atoms with Gasteiger partial charge in [0.2, 0.25) is 0 Å². The van der Waals surface area contributed by atoms with Crippen molar-refractivity contribution in [3.05, 3.63) is 206 Å². The summed E-state index contributed by atoms with van der Waals surface area (Å²) in [6.45, 7) is 2.06. The van der Waals surface area contributed by atoms with E-state index in [0.29, 0.717) is 5.82 Å². The normalized spacial score (nSPS) is 11.2. The van der Waals surface area contributed by atoms with Crippen LogP contribution in [0.1, 0.15) is 5.69 Å². The summed E-state index contributed by atoms with van der Waals surface area (Å²) in [6, 6.07) is 69.9. The van der Waals surface area contributed by atoms with Crippen LogP contribution in [0.25, 0.3) is 100 Å². The molecule has 57 heavy (non-hydrogen) atoms. The maximum Gasteiger partial charge on any atom is 0.160 e. The van der Waals surface area contributed by atoms with E-state index in [1.54, 1.807) is 0 Å². The molecule has 0 radical (unpaired) electrons. The Morgan fingerprint density at radius 3 is 1.46 bits per heavy atom. The lowest BCUT2D eigenvalue weighted by Crippen LogP contribution is -1.96. The number of nitrogens with zero attached hydrogens (tertiary/aromatic N) is 4. The molecule has 0 spiro atoms. The zero-order chi connectivity index (χ0) is 38.1. The van der Waals surface area contributed by atoms with E-state index in [4.69, 9.17) is 19.9 Å². The minimum absolute atomic E-state index is 0.687. The molecule has 10 rings (SSSR count). The number of hydrogen-bond acceptors (Lipinski definition) is 4. The molecule has 0 fully saturated rings. The van der Waals surface area contributed by atoms with Crippen molar-refractivity contribution in [3.8, 4) is 78.5 Å². The van der Waals surface area contributed by atoms with Crippen molar-refractivity contribution < 1.29 is 0 Å². The topological polar surface area (TPSA) is 51.6 Å². The van der Waals surface area contributed by atoms with Gasteiger partial charge in [0.1, 0.15) is 0 Å². The second-order valence-electron chi connectivity index (χ2n) is 14.3. The summed E-state index contributed by atoms with van der Waals surface area (Å²) in [5.41, 5.74) is 16.5. The zero-order valence-electron chi connectivity index (χ0n) is 31.3. The molecule has 0 unspecified atom stereocenters. The molecule has 0 N–H and O–H groups in total. The lowest BCUT2D eigenvalue weighted by Gasteiger charge is -2.13. The van der Waals surface area contributed by atoms with Gasteiger partial charge in [-0.25, -0.2) is 15.0 Å². The van der Waals surface area contributed by atoms with E-state index >= 15 is 0 Å².